The van der Waals surface area contributed by atoms with Crippen LogP contribution in [0, 0.1) is 0 Å². The molecule has 1 aromatic carbocycles. The number of aryl methyl sites for hydroxylation is 1. The molecule has 0 atom stereocenters. The SMILES string of the molecule is COc1cccc2ccc(CNCc3ncn(C)n3)nc12. The van der Waals surface area contributed by atoms with Crippen LogP contribution in [0.5, 0.6) is 5.75 Å². The zero-order valence-corrected chi connectivity index (χ0v) is 12.1. The molecule has 0 aliphatic heterocycles. The first-order valence-electron chi connectivity index (χ1n) is 6.74. The molecule has 0 aliphatic rings. The number of pyridine rings is 1. The summed E-state index contributed by atoms with van der Waals surface area (Å²) in [6.07, 6.45) is 1.69. The molecule has 0 fully saturated rings. The Kier molecular flexibility index (Phi) is 3.79. The van der Waals surface area contributed by atoms with Crippen molar-refractivity contribution in [3.05, 3.63) is 48.2 Å². The first-order valence-corrected chi connectivity index (χ1v) is 6.74. The van der Waals surface area contributed by atoms with Crippen molar-refractivity contribution in [2.24, 2.45) is 7.05 Å². The second kappa shape index (κ2) is 5.88. The number of aromatic nitrogens is 4. The van der Waals surface area contributed by atoms with Crippen molar-refractivity contribution >= 4 is 10.9 Å². The Morgan fingerprint density at radius 2 is 2.10 bits per heavy atom. The minimum atomic E-state index is 0.618. The Balaban J connectivity index is 1.72. The zero-order chi connectivity index (χ0) is 14.7. The van der Waals surface area contributed by atoms with Crippen molar-refractivity contribution in [2.75, 3.05) is 7.11 Å². The molecule has 6 heteroatoms. The van der Waals surface area contributed by atoms with E-state index in [4.69, 9.17) is 4.74 Å². The number of rotatable bonds is 5. The Bertz CT molecular complexity index is 753. The number of benzene rings is 1. The lowest BCUT2D eigenvalue weighted by Gasteiger charge is -2.07. The highest BCUT2D eigenvalue weighted by Gasteiger charge is 2.04. The summed E-state index contributed by atoms with van der Waals surface area (Å²) >= 11 is 0. The molecular formula is C15H17N5O. The smallest absolute Gasteiger partial charge is 0.164 e. The summed E-state index contributed by atoms with van der Waals surface area (Å²) in [7, 11) is 3.52. The van der Waals surface area contributed by atoms with Gasteiger partial charge in [0.15, 0.2) is 5.82 Å². The lowest BCUT2D eigenvalue weighted by atomic mass is 10.2. The fraction of sp³-hybridized carbons (Fsp3) is 0.267. The van der Waals surface area contributed by atoms with E-state index >= 15 is 0 Å². The maximum absolute atomic E-state index is 5.35. The number of ether oxygens (including phenoxy) is 1. The molecule has 1 N–H and O–H groups in total. The van der Waals surface area contributed by atoms with Crippen LogP contribution in [0.4, 0.5) is 0 Å². The number of fused-ring (bicyclic) bond motifs is 1. The molecule has 0 saturated heterocycles. The molecule has 3 rings (SSSR count). The molecule has 0 radical (unpaired) electrons. The second-order valence-corrected chi connectivity index (χ2v) is 4.77. The number of nitrogens with zero attached hydrogens (tertiary/aromatic N) is 4. The summed E-state index contributed by atoms with van der Waals surface area (Å²) in [4.78, 5) is 8.82. The van der Waals surface area contributed by atoms with E-state index in [1.165, 1.54) is 0 Å². The molecular weight excluding hydrogens is 266 g/mol. The van der Waals surface area contributed by atoms with Crippen LogP contribution in [-0.4, -0.2) is 26.9 Å². The number of methoxy groups -OCH3 is 1. The van der Waals surface area contributed by atoms with E-state index in [2.05, 4.69) is 26.4 Å². The van der Waals surface area contributed by atoms with Crippen LogP contribution >= 0.6 is 0 Å². The van der Waals surface area contributed by atoms with Crippen molar-refractivity contribution in [3.8, 4) is 5.75 Å². The van der Waals surface area contributed by atoms with Crippen LogP contribution in [0.2, 0.25) is 0 Å². The first kappa shape index (κ1) is 13.5. The van der Waals surface area contributed by atoms with Gasteiger partial charge in [0.1, 0.15) is 17.6 Å². The molecule has 2 aromatic heterocycles. The van der Waals surface area contributed by atoms with Crippen LogP contribution in [0.25, 0.3) is 10.9 Å². The molecule has 21 heavy (non-hydrogen) atoms. The summed E-state index contributed by atoms with van der Waals surface area (Å²) in [5, 5.41) is 8.59. The largest absolute Gasteiger partial charge is 0.494 e. The van der Waals surface area contributed by atoms with Gasteiger partial charge in [-0.2, -0.15) is 5.10 Å². The molecule has 0 amide bonds. The minimum absolute atomic E-state index is 0.618. The Morgan fingerprint density at radius 3 is 2.86 bits per heavy atom. The van der Waals surface area contributed by atoms with E-state index in [1.807, 2.05) is 31.3 Å². The third-order valence-corrected chi connectivity index (χ3v) is 3.20. The molecule has 3 aromatic rings. The summed E-state index contributed by atoms with van der Waals surface area (Å²) in [6.45, 7) is 1.28. The van der Waals surface area contributed by atoms with Crippen LogP contribution in [-0.2, 0) is 20.1 Å². The third kappa shape index (κ3) is 3.00. The maximum atomic E-state index is 5.35. The summed E-state index contributed by atoms with van der Waals surface area (Å²) in [6, 6.07) is 9.99. The van der Waals surface area contributed by atoms with Crippen molar-refractivity contribution in [1.82, 2.24) is 25.1 Å². The van der Waals surface area contributed by atoms with Gasteiger partial charge in [0, 0.05) is 19.0 Å². The van der Waals surface area contributed by atoms with Gasteiger partial charge in [-0.3, -0.25) is 4.68 Å². The maximum Gasteiger partial charge on any atom is 0.164 e. The Morgan fingerprint density at radius 1 is 1.19 bits per heavy atom. The molecule has 2 heterocycles. The van der Waals surface area contributed by atoms with Gasteiger partial charge in [-0.05, 0) is 12.1 Å². The molecule has 0 bridgehead atoms. The molecule has 6 nitrogen and oxygen atoms in total. The lowest BCUT2D eigenvalue weighted by Crippen LogP contribution is -2.15. The molecule has 0 unspecified atom stereocenters. The second-order valence-electron chi connectivity index (χ2n) is 4.77. The zero-order valence-electron chi connectivity index (χ0n) is 12.1. The van der Waals surface area contributed by atoms with E-state index in [0.29, 0.717) is 13.1 Å². The van der Waals surface area contributed by atoms with Gasteiger partial charge in [0.05, 0.1) is 19.3 Å². The van der Waals surface area contributed by atoms with Gasteiger partial charge >= 0.3 is 0 Å². The molecule has 0 spiro atoms. The van der Waals surface area contributed by atoms with E-state index in [0.717, 1.165) is 28.2 Å². The highest BCUT2D eigenvalue weighted by Crippen LogP contribution is 2.23. The van der Waals surface area contributed by atoms with E-state index in [9.17, 15) is 0 Å². The first-order chi connectivity index (χ1) is 10.3. The van der Waals surface area contributed by atoms with E-state index < -0.39 is 0 Å². The van der Waals surface area contributed by atoms with Crippen molar-refractivity contribution in [3.63, 3.8) is 0 Å². The highest BCUT2D eigenvalue weighted by molar-refractivity contribution is 5.84. The van der Waals surface area contributed by atoms with Gasteiger partial charge < -0.3 is 10.1 Å². The summed E-state index contributed by atoms with van der Waals surface area (Å²) < 4.78 is 7.04. The lowest BCUT2D eigenvalue weighted by molar-refractivity contribution is 0.418. The summed E-state index contributed by atoms with van der Waals surface area (Å²) in [5.74, 6) is 1.57. The van der Waals surface area contributed by atoms with Crippen molar-refractivity contribution in [1.29, 1.82) is 0 Å². The van der Waals surface area contributed by atoms with E-state index in [1.54, 1.807) is 18.1 Å². The number of hydrogen-bond acceptors (Lipinski definition) is 5. The average molecular weight is 283 g/mol. The average Bonchev–Trinajstić information content (AvgIpc) is 2.92. The normalized spacial score (nSPS) is 11.0. The summed E-state index contributed by atoms with van der Waals surface area (Å²) in [5.41, 5.74) is 1.85. The van der Waals surface area contributed by atoms with Gasteiger partial charge in [0.25, 0.3) is 0 Å². The third-order valence-electron chi connectivity index (χ3n) is 3.20. The number of nitrogens with one attached hydrogen (secondary N) is 1. The van der Waals surface area contributed by atoms with Gasteiger partial charge in [0.2, 0.25) is 0 Å². The number of hydrogen-bond donors (Lipinski definition) is 1. The van der Waals surface area contributed by atoms with Gasteiger partial charge in [-0.1, -0.05) is 18.2 Å². The van der Waals surface area contributed by atoms with Crippen LogP contribution in [0.15, 0.2) is 36.7 Å². The quantitative estimate of drug-likeness (QED) is 0.771. The fourth-order valence-corrected chi connectivity index (χ4v) is 2.19. The van der Waals surface area contributed by atoms with Crippen molar-refractivity contribution in [2.45, 2.75) is 13.1 Å². The highest BCUT2D eigenvalue weighted by atomic mass is 16.5. The molecule has 0 aliphatic carbocycles. The predicted octanol–water partition coefficient (Wildman–Crippen LogP) is 1.66. The fourth-order valence-electron chi connectivity index (χ4n) is 2.19. The van der Waals surface area contributed by atoms with Crippen LogP contribution in [0.1, 0.15) is 11.5 Å². The topological polar surface area (TPSA) is 64.9 Å². The molecule has 0 saturated carbocycles. The monoisotopic (exact) mass is 283 g/mol. The Hall–Kier alpha value is -2.47. The minimum Gasteiger partial charge on any atom is -0.494 e. The van der Waals surface area contributed by atoms with Crippen LogP contribution in [0.3, 0.4) is 0 Å². The van der Waals surface area contributed by atoms with Gasteiger partial charge in [-0.25, -0.2) is 9.97 Å². The van der Waals surface area contributed by atoms with Gasteiger partial charge in [-0.15, -0.1) is 0 Å². The Labute approximate surface area is 122 Å². The standard InChI is InChI=1S/C15H17N5O/c1-20-10-17-14(19-20)9-16-8-12-7-6-11-4-3-5-13(21-2)15(11)18-12/h3-7,10,16H,8-9H2,1-2H3. The van der Waals surface area contributed by atoms with Crippen LogP contribution < -0.4 is 10.1 Å². The molecule has 108 valence electrons. The number of para-hydroxylation sites is 1. The van der Waals surface area contributed by atoms with Crippen molar-refractivity contribution < 1.29 is 4.74 Å². The predicted molar refractivity (Wildman–Crippen MR) is 79.8 cm³/mol. The van der Waals surface area contributed by atoms with E-state index in [-0.39, 0.29) is 0 Å².